The SMILES string of the molecule is Br[C+]1C(Br)C1Br.[Br][Sb-]([Br])([Br])([Br])([Br])[Br]. The summed E-state index contributed by atoms with van der Waals surface area (Å²) in [6, 6.07) is 0. The summed E-state index contributed by atoms with van der Waals surface area (Å²) >= 11 is 30.3. The van der Waals surface area contributed by atoms with E-state index in [0.717, 1.165) is 0 Å². The van der Waals surface area contributed by atoms with Gasteiger partial charge in [-0.05, 0) is 31.9 Å². The molecule has 0 saturated heterocycles. The zero-order valence-electron chi connectivity index (χ0n) is 5.50. The summed E-state index contributed by atoms with van der Waals surface area (Å²) in [4.78, 5) is 2.48. The van der Waals surface area contributed by atoms with Crippen LogP contribution in [-0.2, 0) is 0 Å². The van der Waals surface area contributed by atoms with Crippen molar-refractivity contribution in [2.45, 2.75) is 9.65 Å². The standard InChI is InChI=1S/C3H2Br3.6BrH.Sb/c4-1-2(5)3(1)6;;;;;;;/h1-2H;6*1H;/q+1;;;;;;;+5/p-6. The minimum absolute atomic E-state index is 0.581. The fourth-order valence-electron chi connectivity index (χ4n) is 0.176. The molecule has 0 aromatic rings. The summed E-state index contributed by atoms with van der Waals surface area (Å²) in [5.41, 5.74) is 0. The fraction of sp³-hybridized carbons (Fsp3) is 0.667. The van der Waals surface area contributed by atoms with Crippen LogP contribution in [0.25, 0.3) is 0 Å². The van der Waals surface area contributed by atoms with Crippen molar-refractivity contribution in [1.29, 1.82) is 0 Å². The van der Waals surface area contributed by atoms with Gasteiger partial charge in [-0.2, -0.15) is 0 Å². The van der Waals surface area contributed by atoms with E-state index in [-0.39, 0.29) is 0 Å². The van der Waals surface area contributed by atoms with Crippen molar-refractivity contribution in [3.63, 3.8) is 0 Å². The summed E-state index contributed by atoms with van der Waals surface area (Å²) in [6.07, 6.45) is 0. The zero-order chi connectivity index (χ0) is 11.1. The van der Waals surface area contributed by atoms with E-state index in [1.54, 1.807) is 0 Å². The third-order valence-corrected chi connectivity index (χ3v) is 5.64. The molecule has 1 aliphatic carbocycles. The maximum absolute atomic E-state index is 3.38. The summed E-state index contributed by atoms with van der Waals surface area (Å²) in [5, 5.41) is 0. The van der Waals surface area contributed by atoms with Gasteiger partial charge in [-0.15, -0.1) is 0 Å². The second-order valence-corrected chi connectivity index (χ2v) is 178. The first-order valence-corrected chi connectivity index (χ1v) is 39.5. The van der Waals surface area contributed by atoms with Crippen molar-refractivity contribution in [1.82, 2.24) is 0 Å². The molecule has 0 aromatic carbocycles. The molecule has 1 saturated carbocycles. The zero-order valence-corrected chi connectivity index (χ0v) is 22.3. The van der Waals surface area contributed by atoms with Gasteiger partial charge in [-0.25, -0.2) is 0 Å². The van der Waals surface area contributed by atoms with Gasteiger partial charge in [0.05, 0.1) is 0 Å². The molecular weight excluding hydrogens is 877 g/mol. The number of hydrogen-bond donors (Lipinski definition) is 0. The van der Waals surface area contributed by atoms with Crippen LogP contribution in [0.3, 0.4) is 0 Å². The molecule has 0 heterocycles. The van der Waals surface area contributed by atoms with E-state index in [0.29, 0.717) is 9.65 Å². The van der Waals surface area contributed by atoms with Crippen LogP contribution < -0.4 is 0 Å². The molecule has 0 radical (unpaired) electrons. The molecule has 2 atom stereocenters. The third kappa shape index (κ3) is 17.0. The van der Waals surface area contributed by atoms with Gasteiger partial charge in [0.15, 0.2) is 0 Å². The van der Waals surface area contributed by atoms with E-state index < -0.39 is 2.49 Å². The molecule has 1 aliphatic rings. The second-order valence-electron chi connectivity index (χ2n) is 2.15. The van der Waals surface area contributed by atoms with Crippen molar-refractivity contribution in [3.05, 3.63) is 4.83 Å². The van der Waals surface area contributed by atoms with Gasteiger partial charge in [0.1, 0.15) is 0 Å². The molecule has 1 fully saturated rings. The Morgan fingerprint density at radius 2 is 0.846 bits per heavy atom. The van der Waals surface area contributed by atoms with Gasteiger partial charge in [0.2, 0.25) is 30.4 Å². The molecule has 0 amide bonds. The third-order valence-electron chi connectivity index (χ3n) is 0.675. The number of alkyl halides is 2. The van der Waals surface area contributed by atoms with Crippen molar-refractivity contribution < 1.29 is 0 Å². The monoisotopic (exact) mass is 869 g/mol. The molecule has 10 heteroatoms. The van der Waals surface area contributed by atoms with Gasteiger partial charge in [-0.3, -0.25) is 0 Å². The van der Waals surface area contributed by atoms with Crippen molar-refractivity contribution in [3.8, 4) is 0 Å². The van der Waals surface area contributed by atoms with Crippen LogP contribution in [-0.4, -0.2) is 12.1 Å². The van der Waals surface area contributed by atoms with Gasteiger partial charge < -0.3 is 0 Å². The summed E-state index contributed by atoms with van der Waals surface area (Å²) in [6.45, 7) is 0. The molecule has 1 rings (SSSR count). The molecule has 82 valence electrons. The topological polar surface area (TPSA) is 0 Å². The predicted molar refractivity (Wildman–Crippen MR) is 96.9 cm³/mol. The van der Waals surface area contributed by atoms with Crippen LogP contribution in [0.2, 0.25) is 0 Å². The van der Waals surface area contributed by atoms with Crippen molar-refractivity contribution >= 4 is 126 Å². The number of rotatable bonds is 0. The molecular formula is C3H2Br9Sb. The Labute approximate surface area is 136 Å². The van der Waals surface area contributed by atoms with Crippen LogP contribution in [0.1, 0.15) is 0 Å². The van der Waals surface area contributed by atoms with Crippen molar-refractivity contribution in [2.24, 2.45) is 0 Å². The average Bonchev–Trinajstić information content (AvgIpc) is 2.14. The predicted octanol–water partition coefficient (Wildman–Crippen LogP) is 7.15. The Morgan fingerprint density at radius 3 is 0.846 bits per heavy atom. The van der Waals surface area contributed by atoms with E-state index in [2.05, 4.69) is 123 Å². The van der Waals surface area contributed by atoms with Crippen LogP contribution in [0, 0.1) is 4.83 Å². The Kier molecular flexibility index (Phi) is 7.18. The first-order chi connectivity index (χ1) is 5.18. The van der Waals surface area contributed by atoms with Crippen LogP contribution in [0.15, 0.2) is 0 Å². The Morgan fingerprint density at radius 1 is 0.769 bits per heavy atom. The summed E-state index contributed by atoms with van der Waals surface area (Å²) < 4.78 is -3.38. The van der Waals surface area contributed by atoms with E-state index in [9.17, 15) is 0 Å². The number of halogens is 9. The first-order valence-electron chi connectivity index (χ1n) is 2.55. The maximum atomic E-state index is 3.38. The molecule has 13 heavy (non-hydrogen) atoms. The van der Waals surface area contributed by atoms with Crippen LogP contribution in [0.5, 0.6) is 0 Å². The van der Waals surface area contributed by atoms with Gasteiger partial charge >= 0.3 is 78.1 Å². The summed E-state index contributed by atoms with van der Waals surface area (Å²) in [5.74, 6) is 0. The molecule has 0 nitrogen and oxygen atoms in total. The van der Waals surface area contributed by atoms with Gasteiger partial charge in [0.25, 0.3) is 0 Å². The molecule has 0 aliphatic heterocycles. The minimum atomic E-state index is -3.38. The Bertz CT molecular complexity index is 156. The van der Waals surface area contributed by atoms with Gasteiger partial charge in [-0.1, -0.05) is 0 Å². The van der Waals surface area contributed by atoms with Crippen LogP contribution >= 0.6 is 123 Å². The van der Waals surface area contributed by atoms with Gasteiger partial charge in [0, 0.05) is 0 Å². The van der Waals surface area contributed by atoms with E-state index in [4.69, 9.17) is 0 Å². The second kappa shape index (κ2) is 5.18. The molecule has 0 bridgehead atoms. The van der Waals surface area contributed by atoms with E-state index in [1.165, 1.54) is 4.83 Å². The molecule has 0 N–H and O–H groups in total. The number of hydrogen-bond acceptors (Lipinski definition) is 0. The van der Waals surface area contributed by atoms with E-state index in [1.807, 2.05) is 0 Å². The Hall–Kier alpha value is 5.01. The molecule has 0 aromatic heterocycles. The molecule has 2 unspecified atom stereocenters. The fourth-order valence-corrected chi connectivity index (χ4v) is 2.47. The molecule has 0 spiro atoms. The van der Waals surface area contributed by atoms with Crippen molar-refractivity contribution in [2.75, 3.05) is 0 Å². The average molecular weight is 879 g/mol. The first kappa shape index (κ1) is 18.0. The Balaban J connectivity index is 0.000000223. The van der Waals surface area contributed by atoms with E-state index >= 15 is 0 Å². The quantitative estimate of drug-likeness (QED) is 0.138. The van der Waals surface area contributed by atoms with Crippen LogP contribution in [0.4, 0.5) is 0 Å². The normalized spacial score (nSPS) is 32.5. The summed E-state index contributed by atoms with van der Waals surface area (Å²) in [7, 11) is 0.